The number of benzene rings is 2. The zero-order valence-electron chi connectivity index (χ0n) is 16.3. The Hall–Kier alpha value is -3.46. The molecule has 0 aromatic heterocycles. The zero-order valence-corrected chi connectivity index (χ0v) is 16.3. The summed E-state index contributed by atoms with van der Waals surface area (Å²) in [5, 5.41) is 14.0. The normalized spacial score (nSPS) is 14.3. The van der Waals surface area contributed by atoms with Crippen LogP contribution >= 0.6 is 0 Å². The second-order valence-corrected chi connectivity index (χ2v) is 6.74. The third kappa shape index (κ3) is 4.52. The predicted molar refractivity (Wildman–Crippen MR) is 109 cm³/mol. The van der Waals surface area contributed by atoms with Crippen LogP contribution in [0.1, 0.15) is 20.7 Å². The van der Waals surface area contributed by atoms with Crippen molar-refractivity contribution >= 4 is 28.9 Å². The first-order valence-electron chi connectivity index (χ1n) is 9.11. The van der Waals surface area contributed by atoms with Gasteiger partial charge < -0.3 is 19.9 Å². The predicted octanol–water partition coefficient (Wildman–Crippen LogP) is 2.39. The van der Waals surface area contributed by atoms with E-state index in [4.69, 9.17) is 4.74 Å². The fraction of sp³-hybridized carbons (Fsp3) is 0.300. The second-order valence-electron chi connectivity index (χ2n) is 6.74. The first-order chi connectivity index (χ1) is 13.9. The van der Waals surface area contributed by atoms with Crippen LogP contribution in [0.5, 0.6) is 0 Å². The van der Waals surface area contributed by atoms with Crippen LogP contribution in [0, 0.1) is 10.1 Å². The molecule has 1 saturated heterocycles. The molecular formula is C20H22N4O5. The molecule has 9 nitrogen and oxygen atoms in total. The van der Waals surface area contributed by atoms with Crippen LogP contribution in [-0.2, 0) is 4.74 Å². The average molecular weight is 398 g/mol. The number of likely N-dealkylation sites (N-methyl/N-ethyl adjacent to an activating group) is 1. The van der Waals surface area contributed by atoms with Crippen molar-refractivity contribution in [1.29, 1.82) is 0 Å². The number of methoxy groups -OCH3 is 1. The Balaban J connectivity index is 1.96. The molecule has 9 heteroatoms. The van der Waals surface area contributed by atoms with Crippen molar-refractivity contribution in [2.75, 3.05) is 50.6 Å². The topological polar surface area (TPSA) is 105 Å². The molecule has 0 unspecified atom stereocenters. The summed E-state index contributed by atoms with van der Waals surface area (Å²) >= 11 is 0. The van der Waals surface area contributed by atoms with E-state index in [-0.39, 0.29) is 16.8 Å². The van der Waals surface area contributed by atoms with Crippen molar-refractivity contribution in [3.05, 3.63) is 63.7 Å². The maximum absolute atomic E-state index is 12.8. The standard InChI is InChI=1S/C20H22N4O5/c1-22-9-11-23(12-10-22)18-8-7-14(20(26)29-2)13-16(18)21-19(25)15-5-3-4-6-17(15)24(27)28/h3-8,13H,9-12H2,1-2H3,(H,21,25). The number of carbonyl (C=O) groups excluding carboxylic acids is 2. The lowest BCUT2D eigenvalue weighted by molar-refractivity contribution is -0.385. The van der Waals surface area contributed by atoms with Crippen LogP contribution in [0.4, 0.5) is 17.1 Å². The van der Waals surface area contributed by atoms with E-state index >= 15 is 0 Å². The summed E-state index contributed by atoms with van der Waals surface area (Å²) in [4.78, 5) is 39.7. The van der Waals surface area contributed by atoms with E-state index in [0.29, 0.717) is 5.69 Å². The highest BCUT2D eigenvalue weighted by Gasteiger charge is 2.23. The van der Waals surface area contributed by atoms with E-state index in [2.05, 4.69) is 15.1 Å². The molecule has 1 fully saturated rings. The highest BCUT2D eigenvalue weighted by atomic mass is 16.6. The molecule has 1 heterocycles. The molecule has 0 saturated carbocycles. The van der Waals surface area contributed by atoms with Gasteiger partial charge in [0.1, 0.15) is 5.56 Å². The highest BCUT2D eigenvalue weighted by Crippen LogP contribution is 2.30. The number of nitrogens with one attached hydrogen (secondary N) is 1. The van der Waals surface area contributed by atoms with Gasteiger partial charge in [0.2, 0.25) is 0 Å². The number of carbonyl (C=O) groups is 2. The van der Waals surface area contributed by atoms with Crippen molar-refractivity contribution in [2.24, 2.45) is 0 Å². The molecule has 1 aliphatic heterocycles. The van der Waals surface area contributed by atoms with Crippen LogP contribution in [0.15, 0.2) is 42.5 Å². The summed E-state index contributed by atoms with van der Waals surface area (Å²) in [6, 6.07) is 10.7. The van der Waals surface area contributed by atoms with Gasteiger partial charge in [-0.15, -0.1) is 0 Å². The first kappa shape index (κ1) is 20.3. The van der Waals surface area contributed by atoms with Crippen molar-refractivity contribution in [3.8, 4) is 0 Å². The quantitative estimate of drug-likeness (QED) is 0.468. The number of hydrogen-bond acceptors (Lipinski definition) is 7. The van der Waals surface area contributed by atoms with Gasteiger partial charge in [-0.05, 0) is 31.3 Å². The number of nitro groups is 1. The Bertz CT molecular complexity index is 938. The molecule has 3 rings (SSSR count). The van der Waals surface area contributed by atoms with E-state index < -0.39 is 16.8 Å². The molecule has 2 aromatic rings. The largest absolute Gasteiger partial charge is 0.465 e. The third-order valence-electron chi connectivity index (χ3n) is 4.86. The number of amides is 1. The van der Waals surface area contributed by atoms with Gasteiger partial charge in [-0.3, -0.25) is 14.9 Å². The van der Waals surface area contributed by atoms with Crippen LogP contribution in [0.2, 0.25) is 0 Å². The number of nitro benzene ring substituents is 1. The van der Waals surface area contributed by atoms with Gasteiger partial charge in [-0.25, -0.2) is 4.79 Å². The molecule has 0 radical (unpaired) electrons. The summed E-state index contributed by atoms with van der Waals surface area (Å²) in [5.74, 6) is -1.15. The SMILES string of the molecule is COC(=O)c1ccc(N2CCN(C)CC2)c(NC(=O)c2ccccc2[N+](=O)[O-])c1. The average Bonchev–Trinajstić information content (AvgIpc) is 2.73. The Labute approximate surface area is 168 Å². The molecule has 0 aliphatic carbocycles. The fourth-order valence-electron chi connectivity index (χ4n) is 3.22. The number of esters is 1. The lowest BCUT2D eigenvalue weighted by Gasteiger charge is -2.35. The van der Waals surface area contributed by atoms with Gasteiger partial charge in [-0.1, -0.05) is 12.1 Å². The number of anilines is 2. The lowest BCUT2D eigenvalue weighted by atomic mass is 10.1. The minimum atomic E-state index is -0.616. The Morgan fingerprint density at radius 2 is 1.79 bits per heavy atom. The van der Waals surface area contributed by atoms with Crippen molar-refractivity contribution in [3.63, 3.8) is 0 Å². The minimum Gasteiger partial charge on any atom is -0.465 e. The fourth-order valence-corrected chi connectivity index (χ4v) is 3.22. The van der Waals surface area contributed by atoms with Crippen LogP contribution in [0.25, 0.3) is 0 Å². The summed E-state index contributed by atoms with van der Waals surface area (Å²) in [6.45, 7) is 3.22. The molecule has 1 N–H and O–H groups in total. The monoisotopic (exact) mass is 398 g/mol. The van der Waals surface area contributed by atoms with E-state index in [1.165, 1.54) is 31.4 Å². The Morgan fingerprint density at radius 1 is 1.10 bits per heavy atom. The van der Waals surface area contributed by atoms with E-state index in [1.807, 2.05) is 7.05 Å². The van der Waals surface area contributed by atoms with Gasteiger partial charge in [0, 0.05) is 32.2 Å². The summed E-state index contributed by atoms with van der Waals surface area (Å²) < 4.78 is 4.77. The van der Waals surface area contributed by atoms with E-state index in [0.717, 1.165) is 31.9 Å². The molecule has 29 heavy (non-hydrogen) atoms. The highest BCUT2D eigenvalue weighted by molar-refractivity contribution is 6.09. The molecule has 1 aliphatic rings. The second kappa shape index (κ2) is 8.70. The van der Waals surface area contributed by atoms with E-state index in [9.17, 15) is 19.7 Å². The van der Waals surface area contributed by atoms with Crippen molar-refractivity contribution in [2.45, 2.75) is 0 Å². The van der Waals surface area contributed by atoms with Crippen LogP contribution in [-0.4, -0.2) is 62.0 Å². The van der Waals surface area contributed by atoms with Gasteiger partial charge >= 0.3 is 5.97 Å². The number of piperazine rings is 1. The number of ether oxygens (including phenoxy) is 1. The van der Waals surface area contributed by atoms with Gasteiger partial charge in [-0.2, -0.15) is 0 Å². The van der Waals surface area contributed by atoms with Crippen molar-refractivity contribution in [1.82, 2.24) is 4.90 Å². The maximum Gasteiger partial charge on any atom is 0.337 e. The first-order valence-corrected chi connectivity index (χ1v) is 9.11. The molecule has 0 atom stereocenters. The summed E-state index contributed by atoms with van der Waals surface area (Å²) in [7, 11) is 3.32. The molecule has 152 valence electrons. The lowest BCUT2D eigenvalue weighted by Crippen LogP contribution is -2.44. The Morgan fingerprint density at radius 3 is 2.45 bits per heavy atom. The number of nitrogens with zero attached hydrogens (tertiary/aromatic N) is 3. The molecule has 0 spiro atoms. The minimum absolute atomic E-state index is 0.0506. The number of hydrogen-bond donors (Lipinski definition) is 1. The van der Waals surface area contributed by atoms with Crippen molar-refractivity contribution < 1.29 is 19.2 Å². The third-order valence-corrected chi connectivity index (χ3v) is 4.86. The Kier molecular flexibility index (Phi) is 6.08. The van der Waals surface area contributed by atoms with Gasteiger partial charge in [0.25, 0.3) is 11.6 Å². The molecule has 0 bridgehead atoms. The van der Waals surface area contributed by atoms with Crippen LogP contribution in [0.3, 0.4) is 0 Å². The number of para-hydroxylation sites is 1. The van der Waals surface area contributed by atoms with Gasteiger partial charge in [0.05, 0.1) is 29.0 Å². The molecule has 1 amide bonds. The summed E-state index contributed by atoms with van der Waals surface area (Å²) in [6.07, 6.45) is 0. The van der Waals surface area contributed by atoms with E-state index in [1.54, 1.807) is 18.2 Å². The molecular weight excluding hydrogens is 376 g/mol. The maximum atomic E-state index is 12.8. The smallest absolute Gasteiger partial charge is 0.337 e. The van der Waals surface area contributed by atoms with Crippen LogP contribution < -0.4 is 10.2 Å². The zero-order chi connectivity index (χ0) is 21.0. The molecule has 2 aromatic carbocycles. The summed E-state index contributed by atoms with van der Waals surface area (Å²) in [5.41, 5.74) is 1.10. The van der Waals surface area contributed by atoms with Gasteiger partial charge in [0.15, 0.2) is 0 Å². The number of rotatable bonds is 5.